The summed E-state index contributed by atoms with van der Waals surface area (Å²) in [4.78, 5) is 22.0. The molecule has 1 rings (SSSR count). The lowest BCUT2D eigenvalue weighted by Gasteiger charge is -2.18. The van der Waals surface area contributed by atoms with E-state index in [0.29, 0.717) is 30.4 Å². The summed E-state index contributed by atoms with van der Waals surface area (Å²) in [7, 11) is 1.81. The maximum Gasteiger partial charge on any atom is 0.239 e. The Morgan fingerprint density at radius 3 is 2.74 bits per heavy atom. The number of aromatic nitrogens is 2. The molecule has 0 aliphatic carbocycles. The number of hydrazine groups is 1. The largest absolute Gasteiger partial charge is 0.355 e. The van der Waals surface area contributed by atoms with Crippen LogP contribution in [0.5, 0.6) is 0 Å². The fourth-order valence-electron chi connectivity index (χ4n) is 1.53. The minimum atomic E-state index is -0.0248. The van der Waals surface area contributed by atoms with Crippen molar-refractivity contribution < 1.29 is 4.79 Å². The quantitative estimate of drug-likeness (QED) is 0.485. The minimum absolute atomic E-state index is 0.0248. The van der Waals surface area contributed by atoms with Crippen molar-refractivity contribution in [2.75, 3.05) is 30.5 Å². The summed E-state index contributed by atoms with van der Waals surface area (Å²) in [5, 5.41) is 2.83. The van der Waals surface area contributed by atoms with Crippen molar-refractivity contribution in [3.05, 3.63) is 11.9 Å². The maximum atomic E-state index is 11.7. The molecule has 1 aromatic heterocycles. The van der Waals surface area contributed by atoms with Gasteiger partial charge in [0.25, 0.3) is 0 Å². The summed E-state index contributed by atoms with van der Waals surface area (Å²) in [6.07, 6.45) is 1.63. The number of nitrogens with one attached hydrogen (secondary N) is 2. The van der Waals surface area contributed by atoms with Crippen LogP contribution < -0.4 is 21.5 Å². The molecule has 4 N–H and O–H groups in total. The molecule has 0 bridgehead atoms. The van der Waals surface area contributed by atoms with Gasteiger partial charge in [0.1, 0.15) is 17.5 Å². The van der Waals surface area contributed by atoms with Gasteiger partial charge >= 0.3 is 0 Å². The van der Waals surface area contributed by atoms with Crippen LogP contribution in [-0.4, -0.2) is 36.0 Å². The molecular formula is C12H22N6O. The van der Waals surface area contributed by atoms with Gasteiger partial charge in [-0.05, 0) is 6.42 Å². The van der Waals surface area contributed by atoms with E-state index in [1.54, 1.807) is 11.0 Å². The molecule has 0 atom stereocenters. The van der Waals surface area contributed by atoms with Crippen LogP contribution in [0.1, 0.15) is 26.1 Å². The fourth-order valence-corrected chi connectivity index (χ4v) is 1.53. The Hall–Kier alpha value is -1.89. The second-order valence-electron chi connectivity index (χ2n) is 4.23. The number of carbonyl (C=O) groups excluding carboxylic acids is 1. The zero-order valence-electron chi connectivity index (χ0n) is 11.7. The third-order valence-electron chi connectivity index (χ3n) is 2.57. The van der Waals surface area contributed by atoms with Gasteiger partial charge in [-0.2, -0.15) is 0 Å². The van der Waals surface area contributed by atoms with Gasteiger partial charge in [0, 0.05) is 26.1 Å². The van der Waals surface area contributed by atoms with Crippen LogP contribution in [0.4, 0.5) is 11.6 Å². The highest BCUT2D eigenvalue weighted by atomic mass is 16.2. The molecule has 0 aromatic carbocycles. The van der Waals surface area contributed by atoms with Crippen molar-refractivity contribution in [2.45, 2.75) is 26.7 Å². The second kappa shape index (κ2) is 7.52. The van der Waals surface area contributed by atoms with E-state index >= 15 is 0 Å². The summed E-state index contributed by atoms with van der Waals surface area (Å²) >= 11 is 0. The van der Waals surface area contributed by atoms with Gasteiger partial charge in [0.2, 0.25) is 5.91 Å². The molecule has 7 heteroatoms. The standard InChI is InChI=1S/C12H22N6O/c1-4-6-14-12(19)8-18(3)11-7-10(17-13)15-9(5-2)16-11/h7H,4-6,8,13H2,1-3H3,(H,14,19)(H,15,16,17). The van der Waals surface area contributed by atoms with E-state index in [1.807, 2.05) is 20.9 Å². The molecule has 0 unspecified atom stereocenters. The highest BCUT2D eigenvalue weighted by Gasteiger charge is 2.10. The summed E-state index contributed by atoms with van der Waals surface area (Å²) < 4.78 is 0. The molecule has 7 nitrogen and oxygen atoms in total. The Morgan fingerprint density at radius 1 is 1.42 bits per heavy atom. The van der Waals surface area contributed by atoms with Gasteiger partial charge in [-0.25, -0.2) is 15.8 Å². The first-order valence-electron chi connectivity index (χ1n) is 6.43. The van der Waals surface area contributed by atoms with E-state index in [-0.39, 0.29) is 12.5 Å². The lowest BCUT2D eigenvalue weighted by Crippen LogP contribution is -2.36. The number of nitrogens with two attached hydrogens (primary N) is 1. The van der Waals surface area contributed by atoms with E-state index < -0.39 is 0 Å². The molecule has 1 aromatic rings. The molecule has 0 fully saturated rings. The summed E-state index contributed by atoms with van der Waals surface area (Å²) in [6.45, 7) is 4.92. The van der Waals surface area contributed by atoms with Crippen molar-refractivity contribution in [1.82, 2.24) is 15.3 Å². The molecule has 0 saturated carbocycles. The molecule has 0 spiro atoms. The van der Waals surface area contributed by atoms with Crippen molar-refractivity contribution in [2.24, 2.45) is 5.84 Å². The smallest absolute Gasteiger partial charge is 0.239 e. The van der Waals surface area contributed by atoms with Crippen LogP contribution in [0.2, 0.25) is 0 Å². The van der Waals surface area contributed by atoms with E-state index in [4.69, 9.17) is 5.84 Å². The van der Waals surface area contributed by atoms with Crippen molar-refractivity contribution in [1.29, 1.82) is 0 Å². The number of carbonyl (C=O) groups is 1. The predicted molar refractivity (Wildman–Crippen MR) is 75.8 cm³/mol. The number of anilines is 2. The van der Waals surface area contributed by atoms with Crippen LogP contribution in [0, 0.1) is 0 Å². The monoisotopic (exact) mass is 266 g/mol. The predicted octanol–water partition coefficient (Wildman–Crippen LogP) is 0.287. The highest BCUT2D eigenvalue weighted by Crippen LogP contribution is 2.14. The summed E-state index contributed by atoms with van der Waals surface area (Å²) in [5.74, 6) is 7.25. The topological polar surface area (TPSA) is 96.2 Å². The lowest BCUT2D eigenvalue weighted by atomic mass is 10.4. The Labute approximate surface area is 113 Å². The van der Waals surface area contributed by atoms with Crippen molar-refractivity contribution in [3.8, 4) is 0 Å². The first kappa shape index (κ1) is 15.2. The molecule has 1 amide bonds. The lowest BCUT2D eigenvalue weighted by molar-refractivity contribution is -0.119. The number of likely N-dealkylation sites (N-methyl/N-ethyl adjacent to an activating group) is 1. The fraction of sp³-hybridized carbons (Fsp3) is 0.583. The van der Waals surface area contributed by atoms with Gasteiger partial charge in [0.15, 0.2) is 0 Å². The van der Waals surface area contributed by atoms with Crippen LogP contribution in [0.3, 0.4) is 0 Å². The Bertz CT molecular complexity index is 400. The zero-order valence-corrected chi connectivity index (χ0v) is 11.7. The second-order valence-corrected chi connectivity index (χ2v) is 4.23. The average Bonchev–Trinajstić information content (AvgIpc) is 2.44. The summed E-state index contributed by atoms with van der Waals surface area (Å²) in [5.41, 5.74) is 2.51. The van der Waals surface area contributed by atoms with Crippen LogP contribution in [-0.2, 0) is 11.2 Å². The van der Waals surface area contributed by atoms with Crippen LogP contribution in [0.15, 0.2) is 6.07 Å². The van der Waals surface area contributed by atoms with Crippen molar-refractivity contribution in [3.63, 3.8) is 0 Å². The number of nitrogens with zero attached hydrogens (tertiary/aromatic N) is 3. The molecule has 0 aliphatic rings. The Kier molecular flexibility index (Phi) is 6.01. The van der Waals surface area contributed by atoms with E-state index in [0.717, 1.165) is 6.42 Å². The third-order valence-corrected chi connectivity index (χ3v) is 2.57. The van der Waals surface area contributed by atoms with E-state index in [9.17, 15) is 4.79 Å². The van der Waals surface area contributed by atoms with Crippen molar-refractivity contribution >= 4 is 17.5 Å². The third kappa shape index (κ3) is 4.70. The number of nitrogen functional groups attached to an aromatic ring is 1. The SMILES string of the molecule is CCCNC(=O)CN(C)c1cc(NN)nc(CC)n1. The van der Waals surface area contributed by atoms with Gasteiger partial charge in [0.05, 0.1) is 6.54 Å². The van der Waals surface area contributed by atoms with Crippen LogP contribution >= 0.6 is 0 Å². The number of rotatable bonds is 7. The minimum Gasteiger partial charge on any atom is -0.355 e. The highest BCUT2D eigenvalue weighted by molar-refractivity contribution is 5.80. The molecule has 0 radical (unpaired) electrons. The number of aryl methyl sites for hydroxylation is 1. The molecule has 0 saturated heterocycles. The molecule has 1 heterocycles. The number of amides is 1. The maximum absolute atomic E-state index is 11.7. The molecule has 19 heavy (non-hydrogen) atoms. The Morgan fingerprint density at radius 2 is 2.16 bits per heavy atom. The Balaban J connectivity index is 2.75. The van der Waals surface area contributed by atoms with Gasteiger partial charge in [-0.15, -0.1) is 0 Å². The van der Waals surface area contributed by atoms with Gasteiger partial charge in [-0.3, -0.25) is 4.79 Å². The molecule has 106 valence electrons. The molecular weight excluding hydrogens is 244 g/mol. The first-order valence-corrected chi connectivity index (χ1v) is 6.43. The number of hydrogen-bond acceptors (Lipinski definition) is 6. The van der Waals surface area contributed by atoms with E-state index in [2.05, 4.69) is 20.7 Å². The normalized spacial score (nSPS) is 10.1. The van der Waals surface area contributed by atoms with Gasteiger partial charge < -0.3 is 15.6 Å². The zero-order chi connectivity index (χ0) is 14.3. The van der Waals surface area contributed by atoms with Crippen LogP contribution in [0.25, 0.3) is 0 Å². The summed E-state index contributed by atoms with van der Waals surface area (Å²) in [6, 6.07) is 1.71. The molecule has 0 aliphatic heterocycles. The van der Waals surface area contributed by atoms with E-state index in [1.165, 1.54) is 0 Å². The average molecular weight is 266 g/mol. The number of hydrogen-bond donors (Lipinski definition) is 3. The van der Waals surface area contributed by atoms with Gasteiger partial charge in [-0.1, -0.05) is 13.8 Å². The first-order chi connectivity index (χ1) is 9.10.